The van der Waals surface area contributed by atoms with Crippen LogP contribution in [0.15, 0.2) is 36.7 Å². The molecule has 5 heteroatoms. The first kappa shape index (κ1) is 16.6. The number of hydrogen-bond donors (Lipinski definition) is 1. The molecule has 0 radical (unpaired) electrons. The lowest BCUT2D eigenvalue weighted by molar-refractivity contribution is 0.278. The van der Waals surface area contributed by atoms with Crippen molar-refractivity contribution in [3.63, 3.8) is 0 Å². The van der Waals surface area contributed by atoms with Crippen molar-refractivity contribution in [3.05, 3.63) is 53.6 Å². The predicted molar refractivity (Wildman–Crippen MR) is 87.1 cm³/mol. The van der Waals surface area contributed by atoms with Gasteiger partial charge in [-0.3, -0.25) is 4.68 Å². The van der Waals surface area contributed by atoms with Crippen LogP contribution in [0.25, 0.3) is 0 Å². The number of halogens is 1. The number of benzene rings is 1. The van der Waals surface area contributed by atoms with Gasteiger partial charge >= 0.3 is 0 Å². The molecule has 1 N–H and O–H groups in total. The zero-order valence-electron chi connectivity index (χ0n) is 13.8. The van der Waals surface area contributed by atoms with Crippen LogP contribution in [0, 0.1) is 5.82 Å². The summed E-state index contributed by atoms with van der Waals surface area (Å²) in [7, 11) is 6.06. The Labute approximate surface area is 131 Å². The van der Waals surface area contributed by atoms with Gasteiger partial charge in [0.1, 0.15) is 5.82 Å². The van der Waals surface area contributed by atoms with Crippen molar-refractivity contribution in [2.75, 3.05) is 20.6 Å². The maximum atomic E-state index is 13.1. The largest absolute Gasteiger partial charge is 0.308 e. The van der Waals surface area contributed by atoms with Crippen molar-refractivity contribution in [2.45, 2.75) is 25.4 Å². The molecular weight excluding hydrogens is 279 g/mol. The minimum Gasteiger partial charge on any atom is -0.308 e. The second kappa shape index (κ2) is 7.51. The van der Waals surface area contributed by atoms with E-state index in [0.717, 1.165) is 18.5 Å². The fourth-order valence-corrected chi connectivity index (χ4v) is 2.66. The summed E-state index contributed by atoms with van der Waals surface area (Å²) in [6, 6.07) is 7.22. The van der Waals surface area contributed by atoms with E-state index in [1.54, 1.807) is 0 Å². The molecule has 1 aromatic heterocycles. The van der Waals surface area contributed by atoms with Crippen molar-refractivity contribution < 1.29 is 4.39 Å². The molecule has 0 bridgehead atoms. The molecule has 0 saturated heterocycles. The lowest BCUT2D eigenvalue weighted by Gasteiger charge is -2.26. The molecule has 22 heavy (non-hydrogen) atoms. The molecule has 1 heterocycles. The fraction of sp³-hybridized carbons (Fsp3) is 0.471. The molecule has 2 atom stereocenters. The van der Waals surface area contributed by atoms with Gasteiger partial charge in [0, 0.05) is 37.4 Å². The normalized spacial score (nSPS) is 14.3. The highest BCUT2D eigenvalue weighted by Crippen LogP contribution is 2.21. The first-order chi connectivity index (χ1) is 10.5. The summed E-state index contributed by atoms with van der Waals surface area (Å²) in [5.74, 6) is -0.194. The van der Waals surface area contributed by atoms with Crippen LogP contribution < -0.4 is 5.32 Å². The zero-order valence-corrected chi connectivity index (χ0v) is 13.8. The minimum absolute atomic E-state index is 0.194. The minimum atomic E-state index is -0.194. The van der Waals surface area contributed by atoms with Crippen molar-refractivity contribution in [1.29, 1.82) is 0 Å². The Morgan fingerprint density at radius 1 is 1.23 bits per heavy atom. The maximum Gasteiger partial charge on any atom is 0.123 e. The Hall–Kier alpha value is -1.72. The first-order valence-corrected chi connectivity index (χ1v) is 7.65. The van der Waals surface area contributed by atoms with E-state index < -0.39 is 0 Å². The third-order valence-electron chi connectivity index (χ3n) is 3.97. The zero-order chi connectivity index (χ0) is 16.1. The number of hydrogen-bond acceptors (Lipinski definition) is 3. The summed E-state index contributed by atoms with van der Waals surface area (Å²) in [5.41, 5.74) is 2.31. The van der Waals surface area contributed by atoms with Crippen LogP contribution in [0.1, 0.15) is 36.6 Å². The van der Waals surface area contributed by atoms with Gasteiger partial charge in [-0.05, 0) is 38.2 Å². The number of aromatic nitrogens is 2. The number of nitrogens with one attached hydrogen (secondary N) is 1. The predicted octanol–water partition coefficient (Wildman–Crippen LogP) is 2.90. The van der Waals surface area contributed by atoms with Crippen LogP contribution in [0.2, 0.25) is 0 Å². The average Bonchev–Trinajstić information content (AvgIpc) is 2.91. The molecule has 0 unspecified atom stereocenters. The lowest BCUT2D eigenvalue weighted by atomic mass is 10.0. The Bertz CT molecular complexity index is 577. The molecule has 1 aromatic carbocycles. The van der Waals surface area contributed by atoms with Crippen LogP contribution in [-0.4, -0.2) is 35.3 Å². The number of nitrogens with zero attached hydrogens (tertiary/aromatic N) is 3. The van der Waals surface area contributed by atoms with Gasteiger partial charge in [0.25, 0.3) is 0 Å². The maximum absolute atomic E-state index is 13.1. The van der Waals surface area contributed by atoms with Crippen LogP contribution in [-0.2, 0) is 7.05 Å². The molecule has 0 saturated carbocycles. The molecule has 0 aliphatic carbocycles. The Morgan fingerprint density at radius 3 is 2.41 bits per heavy atom. The summed E-state index contributed by atoms with van der Waals surface area (Å²) in [6.45, 7) is 2.95. The number of aryl methyl sites for hydroxylation is 1. The Balaban J connectivity index is 2.05. The van der Waals surface area contributed by atoms with Crippen molar-refractivity contribution in [3.8, 4) is 0 Å². The van der Waals surface area contributed by atoms with Gasteiger partial charge in [0.15, 0.2) is 0 Å². The monoisotopic (exact) mass is 304 g/mol. The van der Waals surface area contributed by atoms with E-state index in [1.807, 2.05) is 36.3 Å². The summed E-state index contributed by atoms with van der Waals surface area (Å²) >= 11 is 0. The van der Waals surface area contributed by atoms with E-state index in [-0.39, 0.29) is 17.9 Å². The van der Waals surface area contributed by atoms with Crippen LogP contribution in [0.3, 0.4) is 0 Å². The number of rotatable bonds is 7. The van der Waals surface area contributed by atoms with E-state index in [2.05, 4.69) is 36.3 Å². The van der Waals surface area contributed by atoms with Crippen LogP contribution in [0.4, 0.5) is 4.39 Å². The third-order valence-corrected chi connectivity index (χ3v) is 3.97. The highest BCUT2D eigenvalue weighted by atomic mass is 19.1. The van der Waals surface area contributed by atoms with E-state index in [0.29, 0.717) is 0 Å². The molecule has 0 aliphatic heterocycles. The highest BCUT2D eigenvalue weighted by Gasteiger charge is 2.18. The topological polar surface area (TPSA) is 33.1 Å². The second-order valence-corrected chi connectivity index (χ2v) is 5.85. The van der Waals surface area contributed by atoms with E-state index in [4.69, 9.17) is 0 Å². The van der Waals surface area contributed by atoms with E-state index >= 15 is 0 Å². The molecule has 0 spiro atoms. The van der Waals surface area contributed by atoms with Gasteiger partial charge in [0.2, 0.25) is 0 Å². The molecule has 0 fully saturated rings. The van der Waals surface area contributed by atoms with Gasteiger partial charge in [-0.2, -0.15) is 5.10 Å². The standard InChI is InChI=1S/C17H25FN4/c1-5-16(13-6-8-15(18)9-7-13)19-11-17(21(2)3)14-10-20-22(4)12-14/h6-10,12,16-17,19H,5,11H2,1-4H3/t16-,17+/m0/s1. The third kappa shape index (κ3) is 4.15. The first-order valence-electron chi connectivity index (χ1n) is 7.65. The molecule has 0 aliphatic rings. The van der Waals surface area contributed by atoms with E-state index in [1.165, 1.54) is 17.7 Å². The van der Waals surface area contributed by atoms with Gasteiger partial charge in [-0.15, -0.1) is 0 Å². The lowest BCUT2D eigenvalue weighted by Crippen LogP contribution is -2.33. The van der Waals surface area contributed by atoms with Gasteiger partial charge in [-0.1, -0.05) is 19.1 Å². The second-order valence-electron chi connectivity index (χ2n) is 5.85. The van der Waals surface area contributed by atoms with Gasteiger partial charge < -0.3 is 10.2 Å². The van der Waals surface area contributed by atoms with Gasteiger partial charge in [0.05, 0.1) is 6.20 Å². The summed E-state index contributed by atoms with van der Waals surface area (Å²) in [5, 5.41) is 7.85. The summed E-state index contributed by atoms with van der Waals surface area (Å²) in [6.07, 6.45) is 4.91. The van der Waals surface area contributed by atoms with Gasteiger partial charge in [-0.25, -0.2) is 4.39 Å². The molecule has 2 aromatic rings. The molecule has 0 amide bonds. The van der Waals surface area contributed by atoms with Crippen molar-refractivity contribution in [1.82, 2.24) is 20.0 Å². The average molecular weight is 304 g/mol. The van der Waals surface area contributed by atoms with Crippen molar-refractivity contribution in [2.24, 2.45) is 7.05 Å². The van der Waals surface area contributed by atoms with Crippen LogP contribution >= 0.6 is 0 Å². The summed E-state index contributed by atoms with van der Waals surface area (Å²) in [4.78, 5) is 2.18. The molecular formula is C17H25FN4. The number of likely N-dealkylation sites (N-methyl/N-ethyl adjacent to an activating group) is 1. The SMILES string of the molecule is CC[C@H](NC[C@H](c1cnn(C)c1)N(C)C)c1ccc(F)cc1. The fourth-order valence-electron chi connectivity index (χ4n) is 2.66. The molecule has 120 valence electrons. The smallest absolute Gasteiger partial charge is 0.123 e. The quantitative estimate of drug-likeness (QED) is 0.854. The van der Waals surface area contributed by atoms with E-state index in [9.17, 15) is 4.39 Å². The molecule has 4 nitrogen and oxygen atoms in total. The van der Waals surface area contributed by atoms with Crippen LogP contribution in [0.5, 0.6) is 0 Å². The highest BCUT2D eigenvalue weighted by molar-refractivity contribution is 5.20. The Kier molecular flexibility index (Phi) is 5.69. The molecule has 2 rings (SSSR count). The summed E-state index contributed by atoms with van der Waals surface area (Å²) < 4.78 is 14.9. The Morgan fingerprint density at radius 2 is 1.91 bits per heavy atom. The van der Waals surface area contributed by atoms with Crippen molar-refractivity contribution >= 4 is 0 Å².